The quantitative estimate of drug-likeness (QED) is 0.596. The summed E-state index contributed by atoms with van der Waals surface area (Å²) < 4.78 is 13.4. The van der Waals surface area contributed by atoms with Gasteiger partial charge in [-0.3, -0.25) is 0 Å². The minimum Gasteiger partial charge on any atom is -0.248 e. The number of aryl methyl sites for hydroxylation is 1. The van der Waals surface area contributed by atoms with Crippen molar-refractivity contribution in [3.63, 3.8) is 0 Å². The SMILES string of the molecule is C=Cc1ccc2c(Cl)cc(-c3ccc(F)c(C)c3)nc2c1. The van der Waals surface area contributed by atoms with Crippen LogP contribution in [-0.2, 0) is 0 Å². The highest BCUT2D eigenvalue weighted by Gasteiger charge is 2.08. The lowest BCUT2D eigenvalue weighted by Gasteiger charge is -2.07. The van der Waals surface area contributed by atoms with Crippen LogP contribution in [0.5, 0.6) is 0 Å². The molecule has 0 unspecified atom stereocenters. The van der Waals surface area contributed by atoms with Crippen LogP contribution >= 0.6 is 11.6 Å². The van der Waals surface area contributed by atoms with Crippen LogP contribution in [0.4, 0.5) is 4.39 Å². The Morgan fingerprint density at radius 3 is 2.67 bits per heavy atom. The lowest BCUT2D eigenvalue weighted by Crippen LogP contribution is -1.90. The van der Waals surface area contributed by atoms with E-state index in [0.29, 0.717) is 10.6 Å². The minimum atomic E-state index is -0.223. The van der Waals surface area contributed by atoms with Gasteiger partial charge in [-0.1, -0.05) is 36.4 Å². The van der Waals surface area contributed by atoms with Crippen molar-refractivity contribution in [3.05, 3.63) is 71.0 Å². The van der Waals surface area contributed by atoms with Crippen LogP contribution in [0.1, 0.15) is 11.1 Å². The molecular weight excluding hydrogens is 285 g/mol. The van der Waals surface area contributed by atoms with Gasteiger partial charge < -0.3 is 0 Å². The number of hydrogen-bond donors (Lipinski definition) is 0. The van der Waals surface area contributed by atoms with Crippen molar-refractivity contribution in [2.24, 2.45) is 0 Å². The molecule has 3 heteroatoms. The second-order valence-electron chi connectivity index (χ2n) is 4.93. The molecule has 0 spiro atoms. The third kappa shape index (κ3) is 2.55. The van der Waals surface area contributed by atoms with Gasteiger partial charge in [0.2, 0.25) is 0 Å². The van der Waals surface area contributed by atoms with Gasteiger partial charge in [0.15, 0.2) is 0 Å². The first-order valence-corrected chi connectivity index (χ1v) is 6.95. The topological polar surface area (TPSA) is 12.9 Å². The average Bonchev–Trinajstić information content (AvgIpc) is 2.49. The van der Waals surface area contributed by atoms with Gasteiger partial charge in [-0.05, 0) is 48.4 Å². The van der Waals surface area contributed by atoms with Crippen LogP contribution in [0.15, 0.2) is 49.0 Å². The monoisotopic (exact) mass is 297 g/mol. The molecule has 1 aromatic heterocycles. The highest BCUT2D eigenvalue weighted by molar-refractivity contribution is 6.35. The summed E-state index contributed by atoms with van der Waals surface area (Å²) in [6.45, 7) is 5.49. The van der Waals surface area contributed by atoms with E-state index in [9.17, 15) is 4.39 Å². The highest BCUT2D eigenvalue weighted by atomic mass is 35.5. The minimum absolute atomic E-state index is 0.223. The van der Waals surface area contributed by atoms with E-state index in [0.717, 1.165) is 27.7 Å². The van der Waals surface area contributed by atoms with E-state index in [4.69, 9.17) is 11.6 Å². The molecule has 0 aliphatic heterocycles. The Balaban J connectivity index is 2.22. The third-order valence-electron chi connectivity index (χ3n) is 3.47. The van der Waals surface area contributed by atoms with Gasteiger partial charge in [-0.2, -0.15) is 0 Å². The molecule has 104 valence electrons. The zero-order valence-corrected chi connectivity index (χ0v) is 12.3. The molecule has 0 saturated carbocycles. The molecule has 21 heavy (non-hydrogen) atoms. The van der Waals surface area contributed by atoms with Gasteiger partial charge in [-0.25, -0.2) is 9.37 Å². The Kier molecular flexibility index (Phi) is 3.48. The predicted molar refractivity (Wildman–Crippen MR) is 87.0 cm³/mol. The summed E-state index contributed by atoms with van der Waals surface area (Å²) >= 11 is 6.34. The zero-order chi connectivity index (χ0) is 15.0. The maximum absolute atomic E-state index is 13.4. The maximum Gasteiger partial charge on any atom is 0.126 e. The fraction of sp³-hybridized carbons (Fsp3) is 0.0556. The molecule has 1 heterocycles. The molecule has 1 nitrogen and oxygen atoms in total. The predicted octanol–water partition coefficient (Wildman–Crippen LogP) is 5.65. The van der Waals surface area contributed by atoms with E-state index in [2.05, 4.69) is 11.6 Å². The molecule has 0 radical (unpaired) electrons. The normalized spacial score (nSPS) is 10.8. The molecular formula is C18H13ClFN. The standard InChI is InChI=1S/C18H13ClFN/c1-3-12-4-6-14-15(19)10-17(21-18(14)9-12)13-5-7-16(20)11(2)8-13/h3-10H,1H2,2H3. The van der Waals surface area contributed by atoms with E-state index in [1.807, 2.05) is 24.3 Å². The molecule has 2 aromatic carbocycles. The maximum atomic E-state index is 13.4. The Bertz CT molecular complexity index is 855. The van der Waals surface area contributed by atoms with Gasteiger partial charge in [-0.15, -0.1) is 0 Å². The fourth-order valence-corrected chi connectivity index (χ4v) is 2.54. The van der Waals surface area contributed by atoms with E-state index in [1.165, 1.54) is 6.07 Å². The Labute approximate surface area is 127 Å². The van der Waals surface area contributed by atoms with Crippen molar-refractivity contribution in [2.75, 3.05) is 0 Å². The molecule has 3 aromatic rings. The van der Waals surface area contributed by atoms with E-state index < -0.39 is 0 Å². The van der Waals surface area contributed by atoms with Crippen LogP contribution in [-0.4, -0.2) is 4.98 Å². The molecule has 0 aliphatic carbocycles. The van der Waals surface area contributed by atoms with Crippen molar-refractivity contribution in [1.82, 2.24) is 4.98 Å². The van der Waals surface area contributed by atoms with Gasteiger partial charge in [0, 0.05) is 10.9 Å². The summed E-state index contributed by atoms with van der Waals surface area (Å²) in [6, 6.07) is 12.6. The van der Waals surface area contributed by atoms with Crippen molar-refractivity contribution in [3.8, 4) is 11.3 Å². The Morgan fingerprint density at radius 2 is 1.95 bits per heavy atom. The molecule has 0 fully saturated rings. The average molecular weight is 298 g/mol. The summed E-state index contributed by atoms with van der Waals surface area (Å²) in [5, 5.41) is 1.53. The van der Waals surface area contributed by atoms with E-state index in [1.54, 1.807) is 25.1 Å². The van der Waals surface area contributed by atoms with Gasteiger partial charge in [0.25, 0.3) is 0 Å². The summed E-state index contributed by atoms with van der Waals surface area (Å²) in [6.07, 6.45) is 1.77. The van der Waals surface area contributed by atoms with Crippen molar-refractivity contribution in [2.45, 2.75) is 6.92 Å². The number of benzene rings is 2. The van der Waals surface area contributed by atoms with Crippen LogP contribution in [0, 0.1) is 12.7 Å². The number of halogens is 2. The zero-order valence-electron chi connectivity index (χ0n) is 11.5. The summed E-state index contributed by atoms with van der Waals surface area (Å²) in [7, 11) is 0. The second-order valence-corrected chi connectivity index (χ2v) is 5.34. The van der Waals surface area contributed by atoms with Gasteiger partial charge in [0.1, 0.15) is 5.82 Å². The van der Waals surface area contributed by atoms with Gasteiger partial charge in [0.05, 0.1) is 16.2 Å². The summed E-state index contributed by atoms with van der Waals surface area (Å²) in [5.41, 5.74) is 3.96. The fourth-order valence-electron chi connectivity index (χ4n) is 2.28. The Morgan fingerprint density at radius 1 is 1.14 bits per heavy atom. The molecule has 0 saturated heterocycles. The first-order valence-electron chi connectivity index (χ1n) is 6.58. The number of nitrogens with zero attached hydrogens (tertiary/aromatic N) is 1. The summed E-state index contributed by atoms with van der Waals surface area (Å²) in [5.74, 6) is -0.223. The number of aromatic nitrogens is 1. The first kappa shape index (κ1) is 13.8. The smallest absolute Gasteiger partial charge is 0.126 e. The number of hydrogen-bond acceptors (Lipinski definition) is 1. The molecule has 0 N–H and O–H groups in total. The molecule has 3 rings (SSSR count). The highest BCUT2D eigenvalue weighted by Crippen LogP contribution is 2.29. The Hall–Kier alpha value is -2.19. The molecule has 0 amide bonds. The molecule has 0 aliphatic rings. The van der Waals surface area contributed by atoms with E-state index >= 15 is 0 Å². The van der Waals surface area contributed by atoms with Crippen LogP contribution in [0.25, 0.3) is 28.2 Å². The van der Waals surface area contributed by atoms with Crippen LogP contribution in [0.2, 0.25) is 5.02 Å². The molecule has 0 bridgehead atoms. The number of pyridine rings is 1. The molecule has 0 atom stereocenters. The first-order chi connectivity index (χ1) is 10.1. The van der Waals surface area contributed by atoms with Crippen molar-refractivity contribution < 1.29 is 4.39 Å². The van der Waals surface area contributed by atoms with Gasteiger partial charge >= 0.3 is 0 Å². The van der Waals surface area contributed by atoms with Crippen molar-refractivity contribution >= 4 is 28.6 Å². The summed E-state index contributed by atoms with van der Waals surface area (Å²) in [4.78, 5) is 4.63. The number of rotatable bonds is 2. The third-order valence-corrected chi connectivity index (χ3v) is 3.79. The van der Waals surface area contributed by atoms with Crippen LogP contribution < -0.4 is 0 Å². The largest absolute Gasteiger partial charge is 0.248 e. The lowest BCUT2D eigenvalue weighted by molar-refractivity contribution is 0.619. The lowest BCUT2D eigenvalue weighted by atomic mass is 10.1. The number of fused-ring (bicyclic) bond motifs is 1. The second kappa shape index (κ2) is 5.30. The van der Waals surface area contributed by atoms with E-state index in [-0.39, 0.29) is 5.82 Å². The van der Waals surface area contributed by atoms with Crippen molar-refractivity contribution in [1.29, 1.82) is 0 Å². The van der Waals surface area contributed by atoms with Crippen LogP contribution in [0.3, 0.4) is 0 Å².